The Morgan fingerprint density at radius 1 is 0.952 bits per heavy atom. The van der Waals surface area contributed by atoms with Gasteiger partial charge in [0.25, 0.3) is 0 Å². The highest BCUT2D eigenvalue weighted by atomic mass is 16.7. The molecule has 126 valence electrons. The Balaban J connectivity index is 2.43. The van der Waals surface area contributed by atoms with Crippen molar-refractivity contribution in [1.82, 2.24) is 0 Å². The van der Waals surface area contributed by atoms with Gasteiger partial charge in [0.15, 0.2) is 6.29 Å². The second kappa shape index (κ2) is 8.29. The summed E-state index contributed by atoms with van der Waals surface area (Å²) in [5, 5.41) is 74.5. The number of aliphatic hydroxyl groups is 8. The zero-order valence-corrected chi connectivity index (χ0v) is 11.1. The SMILES string of the molecule is OC[C@@H](O)[C@@H](O)[C@H](O)[C@H](O)CO[C@H]1OC[C@@H](O)[C@H](O)[C@H]1O. The molecule has 21 heavy (non-hydrogen) atoms. The lowest BCUT2D eigenvalue weighted by Gasteiger charge is -2.35. The monoisotopic (exact) mass is 314 g/mol. The Morgan fingerprint density at radius 3 is 2.10 bits per heavy atom. The summed E-state index contributed by atoms with van der Waals surface area (Å²) in [6.07, 6.45) is -12.5. The molecule has 10 nitrogen and oxygen atoms in total. The summed E-state index contributed by atoms with van der Waals surface area (Å²) < 4.78 is 9.86. The lowest BCUT2D eigenvalue weighted by molar-refractivity contribution is -0.278. The van der Waals surface area contributed by atoms with Crippen molar-refractivity contribution in [2.24, 2.45) is 0 Å². The summed E-state index contributed by atoms with van der Waals surface area (Å²) in [5.74, 6) is 0. The van der Waals surface area contributed by atoms with Crippen molar-refractivity contribution < 1.29 is 50.3 Å². The van der Waals surface area contributed by atoms with Crippen LogP contribution in [0.2, 0.25) is 0 Å². The minimum absolute atomic E-state index is 0.284. The highest BCUT2D eigenvalue weighted by Crippen LogP contribution is 2.17. The van der Waals surface area contributed by atoms with Gasteiger partial charge in [0.05, 0.1) is 19.8 Å². The molecule has 10 heteroatoms. The number of ether oxygens (including phenoxy) is 2. The molecule has 1 heterocycles. The third-order valence-electron chi connectivity index (χ3n) is 3.21. The molecule has 8 atom stereocenters. The highest BCUT2D eigenvalue weighted by Gasteiger charge is 2.39. The van der Waals surface area contributed by atoms with Gasteiger partial charge in [0.1, 0.15) is 42.7 Å². The van der Waals surface area contributed by atoms with Crippen molar-refractivity contribution in [1.29, 1.82) is 0 Å². The van der Waals surface area contributed by atoms with Gasteiger partial charge in [-0.2, -0.15) is 0 Å². The van der Waals surface area contributed by atoms with E-state index in [0.29, 0.717) is 0 Å². The van der Waals surface area contributed by atoms with Crippen LogP contribution in [0.1, 0.15) is 0 Å². The zero-order chi connectivity index (χ0) is 16.2. The Hall–Kier alpha value is -0.400. The van der Waals surface area contributed by atoms with Crippen molar-refractivity contribution >= 4 is 0 Å². The van der Waals surface area contributed by atoms with Gasteiger partial charge in [-0.1, -0.05) is 0 Å². The third-order valence-corrected chi connectivity index (χ3v) is 3.21. The van der Waals surface area contributed by atoms with Crippen LogP contribution in [0, 0.1) is 0 Å². The van der Waals surface area contributed by atoms with Gasteiger partial charge in [-0.15, -0.1) is 0 Å². The first-order valence-corrected chi connectivity index (χ1v) is 6.40. The normalized spacial score (nSPS) is 36.0. The molecular weight excluding hydrogens is 292 g/mol. The summed E-state index contributed by atoms with van der Waals surface area (Å²) in [6, 6.07) is 0. The van der Waals surface area contributed by atoms with Crippen molar-refractivity contribution in [2.45, 2.75) is 49.0 Å². The number of hydrogen-bond acceptors (Lipinski definition) is 10. The predicted molar refractivity (Wildman–Crippen MR) is 64.8 cm³/mol. The first-order chi connectivity index (χ1) is 9.79. The van der Waals surface area contributed by atoms with Gasteiger partial charge in [-0.25, -0.2) is 0 Å². The molecule has 1 fully saturated rings. The number of rotatable bonds is 7. The van der Waals surface area contributed by atoms with Gasteiger partial charge in [-0.05, 0) is 0 Å². The van der Waals surface area contributed by atoms with Crippen LogP contribution in [0.15, 0.2) is 0 Å². The van der Waals surface area contributed by atoms with E-state index in [2.05, 4.69) is 0 Å². The minimum atomic E-state index is -1.80. The third kappa shape index (κ3) is 4.79. The quantitative estimate of drug-likeness (QED) is 0.226. The molecule has 0 spiro atoms. The summed E-state index contributed by atoms with van der Waals surface area (Å²) in [6.45, 7) is -1.67. The topological polar surface area (TPSA) is 180 Å². The van der Waals surface area contributed by atoms with Gasteiger partial charge >= 0.3 is 0 Å². The lowest BCUT2D eigenvalue weighted by Crippen LogP contribution is -2.55. The lowest BCUT2D eigenvalue weighted by atomic mass is 10.0. The highest BCUT2D eigenvalue weighted by molar-refractivity contribution is 4.84. The Morgan fingerprint density at radius 2 is 1.52 bits per heavy atom. The van der Waals surface area contributed by atoms with E-state index < -0.39 is 62.2 Å². The Bertz CT molecular complexity index is 303. The average molecular weight is 314 g/mol. The van der Waals surface area contributed by atoms with Crippen molar-refractivity contribution in [3.63, 3.8) is 0 Å². The van der Waals surface area contributed by atoms with E-state index in [1.807, 2.05) is 0 Å². The van der Waals surface area contributed by atoms with E-state index in [9.17, 15) is 30.6 Å². The molecule has 1 rings (SSSR count). The molecule has 0 amide bonds. The molecule has 0 aliphatic carbocycles. The smallest absolute Gasteiger partial charge is 0.186 e. The summed E-state index contributed by atoms with van der Waals surface area (Å²) in [5.41, 5.74) is 0. The molecular formula is C11H22O10. The maximum Gasteiger partial charge on any atom is 0.186 e. The fraction of sp³-hybridized carbons (Fsp3) is 1.00. The van der Waals surface area contributed by atoms with Crippen LogP contribution in [0.5, 0.6) is 0 Å². The van der Waals surface area contributed by atoms with Crippen LogP contribution in [-0.4, -0.2) is 110 Å². The van der Waals surface area contributed by atoms with E-state index >= 15 is 0 Å². The van der Waals surface area contributed by atoms with Gasteiger partial charge in [0, 0.05) is 0 Å². The summed E-state index contributed by atoms with van der Waals surface area (Å²) in [7, 11) is 0. The van der Waals surface area contributed by atoms with Gasteiger partial charge in [-0.3, -0.25) is 0 Å². The fourth-order valence-electron chi connectivity index (χ4n) is 1.78. The first-order valence-electron chi connectivity index (χ1n) is 6.40. The predicted octanol–water partition coefficient (Wildman–Crippen LogP) is -5.12. The first kappa shape index (κ1) is 18.6. The summed E-state index contributed by atoms with van der Waals surface area (Å²) >= 11 is 0. The molecule has 0 saturated carbocycles. The van der Waals surface area contributed by atoms with Crippen LogP contribution >= 0.6 is 0 Å². The van der Waals surface area contributed by atoms with Crippen LogP contribution in [0.3, 0.4) is 0 Å². The van der Waals surface area contributed by atoms with E-state index in [4.69, 9.17) is 19.7 Å². The zero-order valence-electron chi connectivity index (χ0n) is 11.1. The van der Waals surface area contributed by atoms with Crippen molar-refractivity contribution in [2.75, 3.05) is 19.8 Å². The average Bonchev–Trinajstić information content (AvgIpc) is 2.49. The van der Waals surface area contributed by atoms with Crippen molar-refractivity contribution in [3.05, 3.63) is 0 Å². The molecule has 0 radical (unpaired) electrons. The van der Waals surface area contributed by atoms with Crippen LogP contribution < -0.4 is 0 Å². The van der Waals surface area contributed by atoms with Crippen LogP contribution in [-0.2, 0) is 9.47 Å². The molecule has 1 saturated heterocycles. The van der Waals surface area contributed by atoms with Crippen LogP contribution in [0.25, 0.3) is 0 Å². The van der Waals surface area contributed by atoms with Crippen molar-refractivity contribution in [3.8, 4) is 0 Å². The molecule has 0 unspecified atom stereocenters. The number of hydrogen-bond donors (Lipinski definition) is 8. The largest absolute Gasteiger partial charge is 0.394 e. The number of aliphatic hydroxyl groups excluding tert-OH is 8. The molecule has 0 aromatic rings. The molecule has 0 bridgehead atoms. The van der Waals surface area contributed by atoms with E-state index in [1.165, 1.54) is 0 Å². The van der Waals surface area contributed by atoms with E-state index in [1.54, 1.807) is 0 Å². The van der Waals surface area contributed by atoms with Gasteiger partial charge < -0.3 is 50.3 Å². The minimum Gasteiger partial charge on any atom is -0.394 e. The molecule has 0 aromatic carbocycles. The maximum atomic E-state index is 9.59. The summed E-state index contributed by atoms with van der Waals surface area (Å²) in [4.78, 5) is 0. The Labute approximate surface area is 120 Å². The second-order valence-corrected chi connectivity index (χ2v) is 4.88. The van der Waals surface area contributed by atoms with Crippen LogP contribution in [0.4, 0.5) is 0 Å². The van der Waals surface area contributed by atoms with Gasteiger partial charge in [0.2, 0.25) is 0 Å². The fourth-order valence-corrected chi connectivity index (χ4v) is 1.78. The molecule has 1 aliphatic rings. The molecule has 0 aromatic heterocycles. The van der Waals surface area contributed by atoms with E-state index in [-0.39, 0.29) is 6.61 Å². The standard InChI is InChI=1S/C11H22O10/c12-1-4(13)7(16)8(17)5(14)2-20-11-10(19)9(18)6(15)3-21-11/h4-19H,1-3H2/t4-,5-,6-,7-,8-,9+,10-,11+/m1/s1. The second-order valence-electron chi connectivity index (χ2n) is 4.88. The molecule has 8 N–H and O–H groups in total. The molecule has 1 aliphatic heterocycles. The van der Waals surface area contributed by atoms with E-state index in [0.717, 1.165) is 0 Å². The maximum absolute atomic E-state index is 9.59. The Kier molecular flexibility index (Phi) is 7.36.